The van der Waals surface area contributed by atoms with Gasteiger partial charge < -0.3 is 0 Å². The maximum absolute atomic E-state index is 10.9. The molecule has 0 amide bonds. The summed E-state index contributed by atoms with van der Waals surface area (Å²) in [4.78, 5) is 10.9. The minimum absolute atomic E-state index is 0.0233. The van der Waals surface area contributed by atoms with Crippen molar-refractivity contribution in [2.24, 2.45) is 0 Å². The van der Waals surface area contributed by atoms with Crippen LogP contribution in [0.2, 0.25) is 10.0 Å². The van der Waals surface area contributed by atoms with Crippen molar-refractivity contribution in [3.05, 3.63) is 26.1 Å². The summed E-state index contributed by atoms with van der Waals surface area (Å²) in [7, 11) is 0. The number of nitrogens with zero attached hydrogens (tertiary/aromatic N) is 1. The van der Waals surface area contributed by atoms with Gasteiger partial charge in [-0.25, -0.2) is 5.10 Å². The number of aromatic amines is 1. The quantitative estimate of drug-likeness (QED) is 0.806. The van der Waals surface area contributed by atoms with Gasteiger partial charge in [-0.05, 0) is 6.42 Å². The third-order valence-corrected chi connectivity index (χ3v) is 2.29. The van der Waals surface area contributed by atoms with E-state index in [9.17, 15) is 4.79 Å². The highest BCUT2D eigenvalue weighted by atomic mass is 35.5. The molecule has 0 aliphatic rings. The van der Waals surface area contributed by atoms with E-state index >= 15 is 0 Å². The number of aromatic nitrogens is 2. The molecule has 5 heteroatoms. The summed E-state index contributed by atoms with van der Waals surface area (Å²) in [6.07, 6.45) is 1.63. The van der Waals surface area contributed by atoms with Crippen LogP contribution in [-0.2, 0) is 6.42 Å². The topological polar surface area (TPSA) is 45.8 Å². The minimum atomic E-state index is -0.443. The lowest BCUT2D eigenvalue weighted by atomic mass is 10.2. The van der Waals surface area contributed by atoms with Gasteiger partial charge in [0.15, 0.2) is 0 Å². The standard InChI is InChI=1S/C7H8Cl2N2O/c1-2-3-4-5(8)6(9)7(12)11-10-4/h2-3H2,1H3,(H,11,12). The van der Waals surface area contributed by atoms with Crippen molar-refractivity contribution in [1.82, 2.24) is 10.2 Å². The number of hydrogen-bond acceptors (Lipinski definition) is 2. The molecule has 0 unspecified atom stereocenters. The molecular formula is C7H8Cl2N2O. The Morgan fingerprint density at radius 3 is 2.67 bits per heavy atom. The lowest BCUT2D eigenvalue weighted by molar-refractivity contribution is 0.828. The van der Waals surface area contributed by atoms with Crippen LogP contribution in [-0.4, -0.2) is 10.2 Å². The second-order valence-corrected chi connectivity index (χ2v) is 3.13. The van der Waals surface area contributed by atoms with Crippen LogP contribution in [0.5, 0.6) is 0 Å². The Morgan fingerprint density at radius 2 is 2.08 bits per heavy atom. The summed E-state index contributed by atoms with van der Waals surface area (Å²) in [5.74, 6) is 0. The molecule has 0 atom stereocenters. The molecule has 0 aromatic carbocycles. The summed E-state index contributed by atoms with van der Waals surface area (Å²) in [6.45, 7) is 2.00. The SMILES string of the molecule is CCCc1n[nH]c(=O)c(Cl)c1Cl. The van der Waals surface area contributed by atoms with Gasteiger partial charge in [-0.2, -0.15) is 5.10 Å². The van der Waals surface area contributed by atoms with E-state index in [4.69, 9.17) is 23.2 Å². The number of rotatable bonds is 2. The highest BCUT2D eigenvalue weighted by Gasteiger charge is 2.08. The van der Waals surface area contributed by atoms with E-state index in [2.05, 4.69) is 10.2 Å². The highest BCUT2D eigenvalue weighted by molar-refractivity contribution is 6.42. The first-order valence-corrected chi connectivity index (χ1v) is 4.35. The minimum Gasteiger partial charge on any atom is -0.266 e. The van der Waals surface area contributed by atoms with E-state index in [1.165, 1.54) is 0 Å². The van der Waals surface area contributed by atoms with Crippen molar-refractivity contribution < 1.29 is 0 Å². The van der Waals surface area contributed by atoms with E-state index in [0.717, 1.165) is 12.8 Å². The van der Waals surface area contributed by atoms with Gasteiger partial charge in [0, 0.05) is 0 Å². The van der Waals surface area contributed by atoms with Gasteiger partial charge in [0.25, 0.3) is 5.56 Å². The molecule has 1 aromatic heterocycles. The zero-order chi connectivity index (χ0) is 9.14. The number of aryl methyl sites for hydroxylation is 1. The Morgan fingerprint density at radius 1 is 1.42 bits per heavy atom. The maximum Gasteiger partial charge on any atom is 0.284 e. The molecule has 0 spiro atoms. The van der Waals surface area contributed by atoms with E-state index in [1.807, 2.05) is 6.92 Å². The summed E-state index contributed by atoms with van der Waals surface area (Å²) in [5.41, 5.74) is 0.199. The molecule has 0 aliphatic carbocycles. The monoisotopic (exact) mass is 206 g/mol. The summed E-state index contributed by atoms with van der Waals surface area (Å²) < 4.78 is 0. The van der Waals surface area contributed by atoms with Gasteiger partial charge in [-0.15, -0.1) is 0 Å². The Labute approximate surface area is 79.7 Å². The fourth-order valence-corrected chi connectivity index (χ4v) is 1.22. The van der Waals surface area contributed by atoms with Gasteiger partial charge >= 0.3 is 0 Å². The first kappa shape index (κ1) is 9.55. The molecular weight excluding hydrogens is 199 g/mol. The summed E-state index contributed by atoms with van der Waals surface area (Å²) >= 11 is 11.4. The van der Waals surface area contributed by atoms with Crippen LogP contribution in [0.3, 0.4) is 0 Å². The molecule has 0 aliphatic heterocycles. The zero-order valence-electron chi connectivity index (χ0n) is 6.53. The molecule has 0 fully saturated rings. The normalized spacial score (nSPS) is 10.2. The second-order valence-electron chi connectivity index (χ2n) is 2.38. The van der Waals surface area contributed by atoms with E-state index < -0.39 is 5.56 Å². The van der Waals surface area contributed by atoms with Crippen molar-refractivity contribution in [1.29, 1.82) is 0 Å². The van der Waals surface area contributed by atoms with Gasteiger partial charge in [0.2, 0.25) is 0 Å². The third-order valence-electron chi connectivity index (χ3n) is 1.42. The summed E-state index contributed by atoms with van der Waals surface area (Å²) in [6, 6.07) is 0. The molecule has 0 radical (unpaired) electrons. The van der Waals surface area contributed by atoms with Gasteiger partial charge in [0.05, 0.1) is 10.7 Å². The molecule has 0 saturated heterocycles. The molecule has 1 N–H and O–H groups in total. The molecule has 66 valence electrons. The Hall–Kier alpha value is -0.540. The van der Waals surface area contributed by atoms with Crippen LogP contribution in [0.4, 0.5) is 0 Å². The van der Waals surface area contributed by atoms with Crippen molar-refractivity contribution in [2.45, 2.75) is 19.8 Å². The maximum atomic E-state index is 10.9. The Bertz CT molecular complexity index is 335. The predicted octanol–water partition coefficient (Wildman–Crippen LogP) is 2.03. The van der Waals surface area contributed by atoms with E-state index in [-0.39, 0.29) is 10.0 Å². The molecule has 0 bridgehead atoms. The first-order chi connectivity index (χ1) is 5.66. The average Bonchev–Trinajstić information content (AvgIpc) is 2.07. The van der Waals surface area contributed by atoms with Crippen LogP contribution >= 0.6 is 23.2 Å². The Balaban J connectivity index is 3.17. The van der Waals surface area contributed by atoms with E-state index in [0.29, 0.717) is 5.69 Å². The van der Waals surface area contributed by atoms with Crippen LogP contribution in [0.1, 0.15) is 19.0 Å². The predicted molar refractivity (Wildman–Crippen MR) is 48.9 cm³/mol. The van der Waals surface area contributed by atoms with Gasteiger partial charge in [-0.1, -0.05) is 36.5 Å². The lowest BCUT2D eigenvalue weighted by Crippen LogP contribution is -2.11. The average molecular weight is 207 g/mol. The van der Waals surface area contributed by atoms with Crippen LogP contribution in [0.15, 0.2) is 4.79 Å². The van der Waals surface area contributed by atoms with Gasteiger partial charge in [-0.3, -0.25) is 4.79 Å². The fourth-order valence-electron chi connectivity index (χ4n) is 0.845. The van der Waals surface area contributed by atoms with Crippen molar-refractivity contribution in [3.63, 3.8) is 0 Å². The molecule has 1 aromatic rings. The fraction of sp³-hybridized carbons (Fsp3) is 0.429. The Kier molecular flexibility index (Phi) is 3.12. The van der Waals surface area contributed by atoms with Crippen LogP contribution in [0, 0.1) is 0 Å². The lowest BCUT2D eigenvalue weighted by Gasteiger charge is -2.00. The van der Waals surface area contributed by atoms with Gasteiger partial charge in [0.1, 0.15) is 5.02 Å². The smallest absolute Gasteiger partial charge is 0.266 e. The zero-order valence-corrected chi connectivity index (χ0v) is 8.04. The largest absolute Gasteiger partial charge is 0.284 e. The number of halogens is 2. The molecule has 1 rings (SSSR count). The van der Waals surface area contributed by atoms with Crippen molar-refractivity contribution in [2.75, 3.05) is 0 Å². The van der Waals surface area contributed by atoms with Crippen LogP contribution in [0.25, 0.3) is 0 Å². The van der Waals surface area contributed by atoms with Crippen LogP contribution < -0.4 is 5.56 Å². The first-order valence-electron chi connectivity index (χ1n) is 3.59. The molecule has 1 heterocycles. The second kappa shape index (κ2) is 3.92. The van der Waals surface area contributed by atoms with E-state index in [1.54, 1.807) is 0 Å². The van der Waals surface area contributed by atoms with Crippen molar-refractivity contribution in [3.8, 4) is 0 Å². The summed E-state index contributed by atoms with van der Waals surface area (Å²) in [5, 5.41) is 6.34. The highest BCUT2D eigenvalue weighted by Crippen LogP contribution is 2.20. The number of nitrogens with one attached hydrogen (secondary N) is 1. The molecule has 3 nitrogen and oxygen atoms in total. The molecule has 12 heavy (non-hydrogen) atoms. The third kappa shape index (κ3) is 1.79. The number of H-pyrrole nitrogens is 1. The van der Waals surface area contributed by atoms with Crippen molar-refractivity contribution >= 4 is 23.2 Å². The number of hydrogen-bond donors (Lipinski definition) is 1. The molecule has 0 saturated carbocycles.